The lowest BCUT2D eigenvalue weighted by molar-refractivity contribution is 0.0632. The van der Waals surface area contributed by atoms with Crippen LogP contribution in [0.15, 0.2) is 18.2 Å². The highest BCUT2D eigenvalue weighted by molar-refractivity contribution is 6.74. The molecule has 2 atom stereocenters. The summed E-state index contributed by atoms with van der Waals surface area (Å²) in [5.41, 5.74) is 1.93. The molecule has 1 amide bonds. The Kier molecular flexibility index (Phi) is 5.86. The van der Waals surface area contributed by atoms with Gasteiger partial charge in [0.2, 0.25) is 0 Å². The van der Waals surface area contributed by atoms with Crippen molar-refractivity contribution in [3.05, 3.63) is 34.9 Å². The second-order valence-corrected chi connectivity index (χ2v) is 14.5. The number of carboxylic acid groups (broad SMARTS) is 1. The normalized spacial score (nSPS) is 21.1. The predicted molar refractivity (Wildman–Crippen MR) is 111 cm³/mol. The van der Waals surface area contributed by atoms with Gasteiger partial charge < -0.3 is 14.6 Å². The van der Waals surface area contributed by atoms with Gasteiger partial charge in [-0.05, 0) is 62.0 Å². The van der Waals surface area contributed by atoms with Gasteiger partial charge in [0, 0.05) is 0 Å². The zero-order chi connectivity index (χ0) is 20.8. The Bertz CT molecular complexity index is 703. The maximum Gasteiger partial charge on any atom is 0.408 e. The molecule has 1 aliphatic rings. The highest BCUT2D eigenvalue weighted by Crippen LogP contribution is 2.40. The summed E-state index contributed by atoms with van der Waals surface area (Å²) in [5.74, 6) is 0. The van der Waals surface area contributed by atoms with Gasteiger partial charge in [-0.15, -0.1) is 0 Å². The molecule has 5 nitrogen and oxygen atoms in total. The lowest BCUT2D eigenvalue weighted by atomic mass is 9.81. The van der Waals surface area contributed by atoms with E-state index in [9.17, 15) is 15.0 Å². The molecule has 27 heavy (non-hydrogen) atoms. The van der Waals surface area contributed by atoms with Gasteiger partial charge in [0.25, 0.3) is 0 Å². The van der Waals surface area contributed by atoms with Gasteiger partial charge >= 0.3 is 6.09 Å². The third kappa shape index (κ3) is 4.38. The van der Waals surface area contributed by atoms with Crippen LogP contribution in [0.5, 0.6) is 0 Å². The molecule has 0 aromatic heterocycles. The average Bonchev–Trinajstić information content (AvgIpc) is 2.50. The Morgan fingerprint density at radius 1 is 1.26 bits per heavy atom. The molecule has 0 saturated carbocycles. The van der Waals surface area contributed by atoms with E-state index < -0.39 is 20.0 Å². The number of hydrogen-bond donors (Lipinski definition) is 2. The fraction of sp³-hybridized carbons (Fsp3) is 0.667. The molecule has 0 unspecified atom stereocenters. The van der Waals surface area contributed by atoms with Gasteiger partial charge in [0.05, 0.1) is 24.3 Å². The van der Waals surface area contributed by atoms with Crippen molar-refractivity contribution in [2.24, 2.45) is 0 Å². The second-order valence-electron chi connectivity index (χ2n) is 9.73. The minimum Gasteiger partial charge on any atom is -0.465 e. The first kappa shape index (κ1) is 21.9. The largest absolute Gasteiger partial charge is 0.465 e. The van der Waals surface area contributed by atoms with Crippen LogP contribution < -0.4 is 0 Å². The molecule has 1 aromatic rings. The fourth-order valence-electron chi connectivity index (χ4n) is 3.58. The molecule has 2 rings (SSSR count). The highest BCUT2D eigenvalue weighted by Gasteiger charge is 2.41. The van der Waals surface area contributed by atoms with Crippen LogP contribution >= 0.6 is 0 Å². The van der Waals surface area contributed by atoms with E-state index in [-0.39, 0.29) is 17.1 Å². The fourth-order valence-corrected chi connectivity index (χ4v) is 4.62. The zero-order valence-electron chi connectivity index (χ0n) is 18.0. The number of rotatable bonds is 4. The molecule has 0 aliphatic carbocycles. The van der Waals surface area contributed by atoms with Crippen LogP contribution in [0.4, 0.5) is 4.79 Å². The highest BCUT2D eigenvalue weighted by atomic mass is 28.4. The maximum absolute atomic E-state index is 12.0. The minimum absolute atomic E-state index is 0.0670. The van der Waals surface area contributed by atoms with Crippen molar-refractivity contribution in [3.8, 4) is 0 Å². The van der Waals surface area contributed by atoms with E-state index in [2.05, 4.69) is 33.9 Å². The minimum atomic E-state index is -1.99. The number of hydrogen-bond acceptors (Lipinski definition) is 3. The summed E-state index contributed by atoms with van der Waals surface area (Å²) >= 11 is 0. The molecule has 1 aliphatic heterocycles. The average molecular weight is 394 g/mol. The van der Waals surface area contributed by atoms with E-state index >= 15 is 0 Å². The molecular weight excluding hydrogens is 358 g/mol. The molecule has 6 heteroatoms. The van der Waals surface area contributed by atoms with E-state index in [0.29, 0.717) is 13.0 Å². The van der Waals surface area contributed by atoms with Crippen LogP contribution in [0.3, 0.4) is 0 Å². The van der Waals surface area contributed by atoms with Crippen LogP contribution in [0, 0.1) is 0 Å². The second kappa shape index (κ2) is 7.22. The van der Waals surface area contributed by atoms with Crippen molar-refractivity contribution in [1.29, 1.82) is 0 Å². The Morgan fingerprint density at radius 3 is 2.33 bits per heavy atom. The molecule has 0 spiro atoms. The topological polar surface area (TPSA) is 70.0 Å². The number of benzene rings is 1. The van der Waals surface area contributed by atoms with Crippen LogP contribution in [-0.2, 0) is 16.4 Å². The van der Waals surface area contributed by atoms with E-state index in [4.69, 9.17) is 4.43 Å². The van der Waals surface area contributed by atoms with Crippen LogP contribution in [0.1, 0.15) is 64.3 Å². The maximum atomic E-state index is 12.0. The Balaban J connectivity index is 2.41. The summed E-state index contributed by atoms with van der Waals surface area (Å²) in [6.45, 7) is 16.8. The Hall–Kier alpha value is -1.37. The number of aliphatic hydroxyl groups is 1. The third-order valence-electron chi connectivity index (χ3n) is 6.24. The summed E-state index contributed by atoms with van der Waals surface area (Å²) in [6.07, 6.45) is -0.369. The van der Waals surface area contributed by atoms with Gasteiger partial charge in [-0.1, -0.05) is 39.0 Å². The Labute approximate surface area is 164 Å². The van der Waals surface area contributed by atoms with Crippen LogP contribution in [0.25, 0.3) is 0 Å². The zero-order valence-corrected chi connectivity index (χ0v) is 19.0. The molecule has 2 N–H and O–H groups in total. The molecule has 152 valence electrons. The quantitative estimate of drug-likeness (QED) is 0.714. The lowest BCUT2D eigenvalue weighted by Crippen LogP contribution is -2.51. The standard InChI is InChI=1S/C21H35NO4Si/c1-14-16-10-9-11-18(21(5,6)25)17(16)12-15(22(14)19(23)24)13-26-27(7,8)20(2,3)4/h9-11,14-15,25H,12-13H2,1-8H3,(H,23,24)/t14-,15+/m0/s1. The molecule has 0 radical (unpaired) electrons. The van der Waals surface area contributed by atoms with E-state index in [1.54, 1.807) is 13.8 Å². The van der Waals surface area contributed by atoms with Gasteiger partial charge in [-0.3, -0.25) is 4.90 Å². The van der Waals surface area contributed by atoms with E-state index in [1.165, 1.54) is 4.90 Å². The molecule has 0 bridgehead atoms. The number of fused-ring (bicyclic) bond motifs is 1. The molecular formula is C21H35NO4Si. The van der Waals surface area contributed by atoms with Crippen molar-refractivity contribution >= 4 is 14.4 Å². The third-order valence-corrected chi connectivity index (χ3v) is 10.7. The first-order valence-electron chi connectivity index (χ1n) is 9.66. The molecule has 0 saturated heterocycles. The molecule has 1 heterocycles. The van der Waals surface area contributed by atoms with Crippen molar-refractivity contribution in [2.75, 3.05) is 6.61 Å². The summed E-state index contributed by atoms with van der Waals surface area (Å²) in [4.78, 5) is 13.5. The molecule has 1 aromatic carbocycles. The van der Waals surface area contributed by atoms with Crippen molar-refractivity contribution < 1.29 is 19.4 Å². The summed E-state index contributed by atoms with van der Waals surface area (Å²) in [6, 6.07) is 5.27. The van der Waals surface area contributed by atoms with Gasteiger partial charge in [-0.25, -0.2) is 4.79 Å². The number of carbonyl (C=O) groups is 1. The number of nitrogens with zero attached hydrogens (tertiary/aromatic N) is 1. The first-order chi connectivity index (χ1) is 12.2. The SMILES string of the molecule is C[C@H]1c2cccc(C(C)(C)O)c2C[C@H](CO[Si](C)(C)C(C)(C)C)N1C(=O)O. The van der Waals surface area contributed by atoms with E-state index in [1.807, 2.05) is 25.1 Å². The predicted octanol–water partition coefficient (Wildman–Crippen LogP) is 4.90. The van der Waals surface area contributed by atoms with Gasteiger partial charge in [0.1, 0.15) is 0 Å². The van der Waals surface area contributed by atoms with Gasteiger partial charge in [0.15, 0.2) is 8.32 Å². The van der Waals surface area contributed by atoms with E-state index in [0.717, 1.165) is 16.7 Å². The van der Waals surface area contributed by atoms with Crippen molar-refractivity contribution in [3.63, 3.8) is 0 Å². The van der Waals surface area contributed by atoms with Crippen molar-refractivity contribution in [2.45, 2.75) is 83.8 Å². The lowest BCUT2D eigenvalue weighted by Gasteiger charge is -2.44. The molecule has 0 fully saturated rings. The smallest absolute Gasteiger partial charge is 0.408 e. The van der Waals surface area contributed by atoms with Crippen LogP contribution in [0.2, 0.25) is 18.1 Å². The summed E-state index contributed by atoms with van der Waals surface area (Å²) in [7, 11) is -1.99. The summed E-state index contributed by atoms with van der Waals surface area (Å²) < 4.78 is 6.37. The monoisotopic (exact) mass is 393 g/mol. The van der Waals surface area contributed by atoms with Crippen LogP contribution in [-0.4, -0.2) is 42.2 Å². The van der Waals surface area contributed by atoms with Crippen molar-refractivity contribution in [1.82, 2.24) is 4.90 Å². The summed E-state index contributed by atoms with van der Waals surface area (Å²) in [5, 5.41) is 20.5. The van der Waals surface area contributed by atoms with Gasteiger partial charge in [-0.2, -0.15) is 0 Å². The first-order valence-corrected chi connectivity index (χ1v) is 12.6. The Morgan fingerprint density at radius 2 is 1.85 bits per heavy atom. The number of amides is 1.